The third-order valence-corrected chi connectivity index (χ3v) is 3.41. The van der Waals surface area contributed by atoms with Crippen molar-refractivity contribution in [1.82, 2.24) is 15.1 Å². The number of rotatable bonds is 2. The molecule has 0 radical (unpaired) electrons. The zero-order valence-corrected chi connectivity index (χ0v) is 13.9. The summed E-state index contributed by atoms with van der Waals surface area (Å²) >= 11 is 0. The van der Waals surface area contributed by atoms with Crippen molar-refractivity contribution in [3.63, 3.8) is 0 Å². The number of nitrogens with zero attached hydrogens (tertiary/aromatic N) is 3. The van der Waals surface area contributed by atoms with E-state index in [1.54, 1.807) is 7.05 Å². The van der Waals surface area contributed by atoms with Crippen molar-refractivity contribution in [3.8, 4) is 0 Å². The molecule has 0 aliphatic carbocycles. The maximum atomic E-state index is 11.4. The molecule has 1 amide bonds. The third-order valence-electron chi connectivity index (χ3n) is 3.41. The highest BCUT2D eigenvalue weighted by atomic mass is 127. The van der Waals surface area contributed by atoms with E-state index < -0.39 is 5.54 Å². The number of aliphatic imine (C=N–C) groups is 1. The summed E-state index contributed by atoms with van der Waals surface area (Å²) in [6.45, 7) is 7.08. The Hall–Kier alpha value is -0.570. The van der Waals surface area contributed by atoms with Gasteiger partial charge in [0.1, 0.15) is 0 Å². The molecule has 0 aromatic rings. The van der Waals surface area contributed by atoms with Gasteiger partial charge >= 0.3 is 0 Å². The van der Waals surface area contributed by atoms with Gasteiger partial charge in [-0.15, -0.1) is 24.0 Å². The highest BCUT2D eigenvalue weighted by Gasteiger charge is 2.34. The number of nitrogens with one attached hydrogen (secondary N) is 1. The third kappa shape index (κ3) is 3.71. The topological polar surface area (TPSA) is 74.0 Å². The van der Waals surface area contributed by atoms with Crippen molar-refractivity contribution in [2.45, 2.75) is 19.4 Å². The summed E-state index contributed by atoms with van der Waals surface area (Å²) in [6, 6.07) is 0. The van der Waals surface area contributed by atoms with E-state index >= 15 is 0 Å². The maximum Gasteiger partial charge on any atom is 0.237 e. The molecule has 1 heterocycles. The van der Waals surface area contributed by atoms with E-state index in [2.05, 4.69) is 20.1 Å². The van der Waals surface area contributed by atoms with Crippen LogP contribution >= 0.6 is 24.0 Å². The Bertz CT molecular complexity index is 311. The smallest absolute Gasteiger partial charge is 0.237 e. The first kappa shape index (κ1) is 17.4. The van der Waals surface area contributed by atoms with Gasteiger partial charge in [-0.25, -0.2) is 0 Å². The lowest BCUT2D eigenvalue weighted by Gasteiger charge is -2.42. The summed E-state index contributed by atoms with van der Waals surface area (Å²) in [5.74, 6) is 0.616. The Labute approximate surface area is 126 Å². The summed E-state index contributed by atoms with van der Waals surface area (Å²) in [6.07, 6.45) is 0. The lowest BCUT2D eigenvalue weighted by atomic mass is 10.0. The van der Waals surface area contributed by atoms with Crippen LogP contribution in [-0.2, 0) is 4.79 Å². The first-order chi connectivity index (χ1) is 7.93. The summed E-state index contributed by atoms with van der Waals surface area (Å²) in [4.78, 5) is 19.8. The molecule has 0 atom stereocenters. The summed E-state index contributed by atoms with van der Waals surface area (Å²) in [5, 5.41) is 3.06. The fraction of sp³-hybridized carbons (Fsp3) is 0.818. The molecule has 0 unspecified atom stereocenters. The molecule has 0 spiro atoms. The van der Waals surface area contributed by atoms with E-state index in [0.717, 1.165) is 32.1 Å². The fourth-order valence-electron chi connectivity index (χ4n) is 2.04. The summed E-state index contributed by atoms with van der Waals surface area (Å²) in [5.41, 5.74) is 4.84. The molecule has 0 aromatic carbocycles. The van der Waals surface area contributed by atoms with Crippen LogP contribution in [0.2, 0.25) is 0 Å². The highest BCUT2D eigenvalue weighted by Crippen LogP contribution is 2.16. The Kier molecular flexibility index (Phi) is 6.90. The first-order valence-electron chi connectivity index (χ1n) is 5.88. The number of carbonyl (C=O) groups excluding carboxylic acids is 1. The lowest BCUT2D eigenvalue weighted by Crippen LogP contribution is -2.61. The molecular weight excluding hydrogens is 345 g/mol. The second kappa shape index (κ2) is 7.13. The van der Waals surface area contributed by atoms with Crippen LogP contribution in [-0.4, -0.2) is 67.5 Å². The zero-order chi connectivity index (χ0) is 13.1. The molecule has 3 N–H and O–H groups in total. The number of primary amides is 1. The molecule has 7 heteroatoms. The van der Waals surface area contributed by atoms with Crippen molar-refractivity contribution in [2.24, 2.45) is 10.7 Å². The van der Waals surface area contributed by atoms with E-state index in [-0.39, 0.29) is 29.9 Å². The van der Waals surface area contributed by atoms with Crippen LogP contribution in [0.15, 0.2) is 4.99 Å². The Morgan fingerprint density at radius 2 is 1.78 bits per heavy atom. The molecule has 0 saturated carbocycles. The molecule has 1 aliphatic heterocycles. The molecule has 0 aromatic heterocycles. The average Bonchev–Trinajstić information content (AvgIpc) is 2.31. The second-order valence-electron chi connectivity index (χ2n) is 4.69. The quantitative estimate of drug-likeness (QED) is 0.398. The molecule has 1 fully saturated rings. The Balaban J connectivity index is 0.00000289. The van der Waals surface area contributed by atoms with Gasteiger partial charge in [-0.05, 0) is 13.8 Å². The second-order valence-corrected chi connectivity index (χ2v) is 4.69. The van der Waals surface area contributed by atoms with E-state index in [9.17, 15) is 4.79 Å². The Morgan fingerprint density at radius 3 is 2.11 bits per heavy atom. The van der Waals surface area contributed by atoms with Crippen LogP contribution in [0.5, 0.6) is 0 Å². The first-order valence-corrected chi connectivity index (χ1v) is 5.88. The van der Waals surface area contributed by atoms with E-state index in [1.807, 2.05) is 20.9 Å². The monoisotopic (exact) mass is 369 g/mol. The average molecular weight is 369 g/mol. The van der Waals surface area contributed by atoms with Crippen molar-refractivity contribution < 1.29 is 4.79 Å². The molecule has 1 saturated heterocycles. The van der Waals surface area contributed by atoms with E-state index in [4.69, 9.17) is 5.73 Å². The SMILES string of the molecule is CN=C(NC)N1CCN(C(C)(C)C(N)=O)CC1.I. The number of amides is 1. The fourth-order valence-corrected chi connectivity index (χ4v) is 2.04. The molecule has 106 valence electrons. The van der Waals surface area contributed by atoms with Gasteiger partial charge in [0, 0.05) is 40.3 Å². The van der Waals surface area contributed by atoms with Gasteiger partial charge in [-0.3, -0.25) is 14.7 Å². The van der Waals surface area contributed by atoms with Crippen LogP contribution in [0, 0.1) is 0 Å². The summed E-state index contributed by atoms with van der Waals surface area (Å²) in [7, 11) is 3.63. The molecule has 6 nitrogen and oxygen atoms in total. The molecular formula is C11H24IN5O. The molecule has 0 bridgehead atoms. The van der Waals surface area contributed by atoms with Crippen LogP contribution < -0.4 is 11.1 Å². The predicted molar refractivity (Wildman–Crippen MR) is 84.3 cm³/mol. The van der Waals surface area contributed by atoms with Crippen molar-refractivity contribution in [3.05, 3.63) is 0 Å². The van der Waals surface area contributed by atoms with Gasteiger partial charge in [0.25, 0.3) is 0 Å². The van der Waals surface area contributed by atoms with Gasteiger partial charge in [-0.1, -0.05) is 0 Å². The predicted octanol–water partition coefficient (Wildman–Crippen LogP) is -0.309. The lowest BCUT2D eigenvalue weighted by molar-refractivity contribution is -0.129. The van der Waals surface area contributed by atoms with Crippen molar-refractivity contribution in [2.75, 3.05) is 40.3 Å². The summed E-state index contributed by atoms with van der Waals surface area (Å²) < 4.78 is 0. The van der Waals surface area contributed by atoms with Crippen LogP contribution in [0.25, 0.3) is 0 Å². The van der Waals surface area contributed by atoms with E-state index in [1.165, 1.54) is 0 Å². The van der Waals surface area contributed by atoms with Crippen LogP contribution in [0.4, 0.5) is 0 Å². The standard InChI is InChI=1S/C11H23N5O.HI/c1-11(2,9(12)17)16-7-5-15(6-8-16)10(13-3)14-4;/h5-8H2,1-4H3,(H2,12,17)(H,13,14);1H. The minimum atomic E-state index is -0.574. The number of hydrogen-bond acceptors (Lipinski definition) is 3. The van der Waals surface area contributed by atoms with Crippen molar-refractivity contribution in [1.29, 1.82) is 0 Å². The normalized spacial score (nSPS) is 18.2. The molecule has 1 rings (SSSR count). The largest absolute Gasteiger partial charge is 0.368 e. The Morgan fingerprint density at radius 1 is 1.28 bits per heavy atom. The van der Waals surface area contributed by atoms with Crippen molar-refractivity contribution >= 4 is 35.8 Å². The van der Waals surface area contributed by atoms with Gasteiger partial charge < -0.3 is 16.0 Å². The minimum absolute atomic E-state index is 0. The van der Waals surface area contributed by atoms with Crippen LogP contribution in [0.3, 0.4) is 0 Å². The number of carbonyl (C=O) groups is 1. The molecule has 18 heavy (non-hydrogen) atoms. The number of guanidine groups is 1. The maximum absolute atomic E-state index is 11.4. The van der Waals surface area contributed by atoms with Gasteiger partial charge in [0.2, 0.25) is 5.91 Å². The van der Waals surface area contributed by atoms with Gasteiger partial charge in [0.15, 0.2) is 5.96 Å². The zero-order valence-electron chi connectivity index (χ0n) is 11.6. The van der Waals surface area contributed by atoms with Gasteiger partial charge in [-0.2, -0.15) is 0 Å². The van der Waals surface area contributed by atoms with Gasteiger partial charge in [0.05, 0.1) is 5.54 Å². The highest BCUT2D eigenvalue weighted by molar-refractivity contribution is 14.0. The van der Waals surface area contributed by atoms with Crippen LogP contribution in [0.1, 0.15) is 13.8 Å². The number of nitrogens with two attached hydrogens (primary N) is 1. The number of halogens is 1. The number of hydrogen-bond donors (Lipinski definition) is 2. The number of piperazine rings is 1. The van der Waals surface area contributed by atoms with E-state index in [0.29, 0.717) is 0 Å². The molecule has 1 aliphatic rings. The minimum Gasteiger partial charge on any atom is -0.368 e.